The second-order valence-corrected chi connectivity index (χ2v) is 9.11. The van der Waals surface area contributed by atoms with Crippen LogP contribution in [0.1, 0.15) is 49.7 Å². The van der Waals surface area contributed by atoms with Gasteiger partial charge in [0.05, 0.1) is 10.6 Å². The minimum atomic E-state index is -0.500. The summed E-state index contributed by atoms with van der Waals surface area (Å²) in [5, 5.41) is 9.51. The standard InChI is InChI=1S/C25H26ClF2N3O/c26-23-13-21(8-6-18(23)14-29)31(15-19-12-20(27)7-9-24(19)28)22-10-11-30(16-22)25(32)17-4-2-1-3-5-17/h6-9,12-13,17,22H,1-5,10-11,15-16H2/t22-/m0/s1. The zero-order valence-electron chi connectivity index (χ0n) is 17.9. The molecule has 0 N–H and O–H groups in total. The third-order valence-electron chi connectivity index (χ3n) is 6.62. The Morgan fingerprint density at radius 3 is 2.62 bits per heavy atom. The van der Waals surface area contributed by atoms with E-state index in [4.69, 9.17) is 11.6 Å². The first kappa shape index (κ1) is 22.5. The molecule has 4 nitrogen and oxygen atoms in total. The van der Waals surface area contributed by atoms with Crippen molar-refractivity contribution in [3.8, 4) is 6.07 Å². The SMILES string of the molecule is N#Cc1ccc(N(Cc2cc(F)ccc2F)[C@H]2CCN(C(=O)C3CCCCC3)C2)cc1Cl. The molecule has 0 unspecified atom stereocenters. The lowest BCUT2D eigenvalue weighted by molar-refractivity contribution is -0.135. The smallest absolute Gasteiger partial charge is 0.225 e. The van der Waals surface area contributed by atoms with E-state index in [0.717, 1.165) is 49.9 Å². The summed E-state index contributed by atoms with van der Waals surface area (Å²) in [5.74, 6) is -0.674. The molecule has 0 bridgehead atoms. The van der Waals surface area contributed by atoms with Gasteiger partial charge in [0.25, 0.3) is 0 Å². The van der Waals surface area contributed by atoms with E-state index in [2.05, 4.69) is 0 Å². The van der Waals surface area contributed by atoms with Crippen molar-refractivity contribution in [1.82, 2.24) is 4.90 Å². The normalized spacial score (nSPS) is 19.1. The van der Waals surface area contributed by atoms with E-state index in [1.54, 1.807) is 18.2 Å². The number of hydrogen-bond acceptors (Lipinski definition) is 3. The number of halogens is 3. The van der Waals surface area contributed by atoms with Crippen LogP contribution in [0, 0.1) is 28.9 Å². The second-order valence-electron chi connectivity index (χ2n) is 8.70. The van der Waals surface area contributed by atoms with Crippen LogP contribution in [0.2, 0.25) is 5.02 Å². The molecule has 1 amide bonds. The Labute approximate surface area is 192 Å². The Morgan fingerprint density at radius 2 is 1.91 bits per heavy atom. The molecule has 168 valence electrons. The Hall–Kier alpha value is -2.65. The van der Waals surface area contributed by atoms with Gasteiger partial charge in [0.15, 0.2) is 0 Å². The van der Waals surface area contributed by atoms with E-state index in [-0.39, 0.29) is 30.0 Å². The average molecular weight is 458 g/mol. The van der Waals surface area contributed by atoms with E-state index in [1.807, 2.05) is 15.9 Å². The molecule has 4 rings (SSSR count). The zero-order valence-corrected chi connectivity index (χ0v) is 18.6. The zero-order chi connectivity index (χ0) is 22.7. The summed E-state index contributed by atoms with van der Waals surface area (Å²) in [6, 6.07) is 10.5. The molecule has 2 aromatic carbocycles. The molecule has 1 heterocycles. The molecule has 1 aliphatic heterocycles. The lowest BCUT2D eigenvalue weighted by Crippen LogP contribution is -2.40. The molecule has 1 saturated heterocycles. The van der Waals surface area contributed by atoms with Gasteiger partial charge in [-0.05, 0) is 55.7 Å². The van der Waals surface area contributed by atoms with Gasteiger partial charge in [-0.3, -0.25) is 4.79 Å². The van der Waals surface area contributed by atoms with Gasteiger partial charge >= 0.3 is 0 Å². The van der Waals surface area contributed by atoms with E-state index < -0.39 is 11.6 Å². The summed E-state index contributed by atoms with van der Waals surface area (Å²) in [7, 11) is 0. The summed E-state index contributed by atoms with van der Waals surface area (Å²) in [4.78, 5) is 16.9. The summed E-state index contributed by atoms with van der Waals surface area (Å²) < 4.78 is 28.3. The van der Waals surface area contributed by atoms with Gasteiger partial charge in [-0.1, -0.05) is 30.9 Å². The van der Waals surface area contributed by atoms with Crippen LogP contribution >= 0.6 is 11.6 Å². The number of carbonyl (C=O) groups is 1. The Kier molecular flexibility index (Phi) is 6.95. The van der Waals surface area contributed by atoms with Crippen LogP contribution in [0.3, 0.4) is 0 Å². The van der Waals surface area contributed by atoms with E-state index in [9.17, 15) is 18.8 Å². The van der Waals surface area contributed by atoms with Crippen molar-refractivity contribution < 1.29 is 13.6 Å². The average Bonchev–Trinajstić information content (AvgIpc) is 3.29. The number of benzene rings is 2. The summed E-state index contributed by atoms with van der Waals surface area (Å²) in [6.07, 6.45) is 6.02. The molecule has 2 aromatic rings. The highest BCUT2D eigenvalue weighted by atomic mass is 35.5. The van der Waals surface area contributed by atoms with Crippen LogP contribution in [0.4, 0.5) is 14.5 Å². The third kappa shape index (κ3) is 4.88. The quantitative estimate of drug-likeness (QED) is 0.580. The molecule has 2 aliphatic rings. The third-order valence-corrected chi connectivity index (χ3v) is 6.94. The Morgan fingerprint density at radius 1 is 1.12 bits per heavy atom. The molecular weight excluding hydrogens is 432 g/mol. The minimum absolute atomic E-state index is 0.0609. The number of nitrogens with zero attached hydrogens (tertiary/aromatic N) is 3. The number of rotatable bonds is 5. The number of carbonyl (C=O) groups excluding carboxylic acids is 1. The predicted molar refractivity (Wildman–Crippen MR) is 120 cm³/mol. The molecular formula is C25H26ClF2N3O. The Balaban J connectivity index is 1.59. The van der Waals surface area contributed by atoms with Gasteiger partial charge < -0.3 is 9.80 Å². The van der Waals surface area contributed by atoms with Gasteiger partial charge in [-0.2, -0.15) is 5.26 Å². The number of nitriles is 1. The van der Waals surface area contributed by atoms with Gasteiger partial charge in [0.1, 0.15) is 17.7 Å². The molecule has 32 heavy (non-hydrogen) atoms. The predicted octanol–water partition coefficient (Wildman–Crippen LogP) is 5.68. The van der Waals surface area contributed by atoms with E-state index >= 15 is 0 Å². The fourth-order valence-corrected chi connectivity index (χ4v) is 5.07. The van der Waals surface area contributed by atoms with Crippen LogP contribution in [0.25, 0.3) is 0 Å². The molecule has 1 aliphatic carbocycles. The topological polar surface area (TPSA) is 47.3 Å². The highest BCUT2D eigenvalue weighted by molar-refractivity contribution is 6.32. The first-order chi connectivity index (χ1) is 15.5. The molecule has 0 aromatic heterocycles. The lowest BCUT2D eigenvalue weighted by Gasteiger charge is -2.32. The summed E-state index contributed by atoms with van der Waals surface area (Å²) in [6.45, 7) is 1.32. The van der Waals surface area contributed by atoms with Gasteiger partial charge in [0.2, 0.25) is 5.91 Å². The monoisotopic (exact) mass is 457 g/mol. The number of hydrogen-bond donors (Lipinski definition) is 0. The van der Waals surface area contributed by atoms with E-state index in [1.165, 1.54) is 12.5 Å². The second kappa shape index (κ2) is 9.87. The van der Waals surface area contributed by atoms with Crippen LogP contribution in [0.15, 0.2) is 36.4 Å². The molecule has 1 saturated carbocycles. The first-order valence-electron chi connectivity index (χ1n) is 11.2. The molecule has 2 fully saturated rings. The lowest BCUT2D eigenvalue weighted by atomic mass is 9.88. The molecule has 1 atom stereocenters. The van der Waals surface area contributed by atoms with Crippen LogP contribution < -0.4 is 4.90 Å². The van der Waals surface area contributed by atoms with Crippen LogP contribution in [-0.4, -0.2) is 29.9 Å². The maximum atomic E-state index is 14.5. The van der Waals surface area contributed by atoms with Crippen LogP contribution in [-0.2, 0) is 11.3 Å². The number of amides is 1. The minimum Gasteiger partial charge on any atom is -0.362 e. The maximum Gasteiger partial charge on any atom is 0.225 e. The van der Waals surface area contributed by atoms with Crippen molar-refractivity contribution in [2.45, 2.75) is 51.1 Å². The fraction of sp³-hybridized carbons (Fsp3) is 0.440. The maximum absolute atomic E-state index is 14.5. The van der Waals surface area contributed by atoms with Crippen molar-refractivity contribution in [1.29, 1.82) is 5.26 Å². The van der Waals surface area contributed by atoms with Crippen molar-refractivity contribution in [2.75, 3.05) is 18.0 Å². The van der Waals surface area contributed by atoms with Crippen molar-refractivity contribution in [2.24, 2.45) is 5.92 Å². The van der Waals surface area contributed by atoms with Gasteiger partial charge in [0, 0.05) is 42.8 Å². The largest absolute Gasteiger partial charge is 0.362 e. The summed E-state index contributed by atoms with van der Waals surface area (Å²) in [5.41, 5.74) is 1.31. The fourth-order valence-electron chi connectivity index (χ4n) is 4.86. The van der Waals surface area contributed by atoms with Gasteiger partial charge in [-0.15, -0.1) is 0 Å². The van der Waals surface area contributed by atoms with Crippen molar-refractivity contribution in [3.63, 3.8) is 0 Å². The first-order valence-corrected chi connectivity index (χ1v) is 11.5. The van der Waals surface area contributed by atoms with E-state index in [0.29, 0.717) is 23.7 Å². The van der Waals surface area contributed by atoms with Crippen molar-refractivity contribution >= 4 is 23.2 Å². The molecule has 0 radical (unpaired) electrons. The van der Waals surface area contributed by atoms with Crippen molar-refractivity contribution in [3.05, 3.63) is 64.2 Å². The molecule has 7 heteroatoms. The Bertz CT molecular complexity index is 1030. The number of likely N-dealkylation sites (tertiary alicyclic amines) is 1. The summed E-state index contributed by atoms with van der Waals surface area (Å²) >= 11 is 6.27. The highest BCUT2D eigenvalue weighted by Crippen LogP contribution is 2.32. The highest BCUT2D eigenvalue weighted by Gasteiger charge is 2.34. The molecule has 0 spiro atoms. The van der Waals surface area contributed by atoms with Gasteiger partial charge in [-0.25, -0.2) is 8.78 Å². The number of anilines is 1. The van der Waals surface area contributed by atoms with Crippen LogP contribution in [0.5, 0.6) is 0 Å².